The summed E-state index contributed by atoms with van der Waals surface area (Å²) in [6.07, 6.45) is -10.8. The Labute approximate surface area is 146 Å². The van der Waals surface area contributed by atoms with Crippen molar-refractivity contribution in [3.8, 4) is 11.5 Å². The minimum Gasteiger partial charge on any atom is -0.507 e. The maximum atomic E-state index is 13.4. The lowest BCUT2D eigenvalue weighted by Gasteiger charge is -2.36. The lowest BCUT2D eigenvalue weighted by molar-refractivity contribution is -0.262. The van der Waals surface area contributed by atoms with Crippen LogP contribution in [-0.4, -0.2) is 34.8 Å². The molecule has 0 saturated heterocycles. The highest BCUT2D eigenvalue weighted by molar-refractivity contribution is 5.62. The Hall–Kier alpha value is -1.68. The second-order valence-electron chi connectivity index (χ2n) is 6.23. The standard InChI is InChI=1S/C16H20F6O4/c1-6-8-11(23)9(13(3,24)15(17,18)19)7(2)10(12(8)26-5)14(4,25)16(20,21)22/h23-25H,6H2,1-5H3. The fourth-order valence-electron chi connectivity index (χ4n) is 2.90. The molecule has 0 aliphatic carbocycles. The molecule has 0 aliphatic heterocycles. The summed E-state index contributed by atoms with van der Waals surface area (Å²) in [5.74, 6) is -1.63. The molecule has 0 aliphatic rings. The third-order valence-corrected chi connectivity index (χ3v) is 4.41. The molecule has 1 rings (SSSR count). The molecule has 26 heavy (non-hydrogen) atoms. The van der Waals surface area contributed by atoms with Crippen LogP contribution in [0, 0.1) is 6.92 Å². The fraction of sp³-hybridized carbons (Fsp3) is 0.625. The number of methoxy groups -OCH3 is 1. The largest absolute Gasteiger partial charge is 0.507 e. The molecule has 0 amide bonds. The summed E-state index contributed by atoms with van der Waals surface area (Å²) in [4.78, 5) is 0. The monoisotopic (exact) mass is 390 g/mol. The Bertz CT molecular complexity index is 690. The zero-order valence-electron chi connectivity index (χ0n) is 14.7. The third kappa shape index (κ3) is 3.20. The van der Waals surface area contributed by atoms with Gasteiger partial charge in [0.1, 0.15) is 11.5 Å². The van der Waals surface area contributed by atoms with E-state index >= 15 is 0 Å². The maximum absolute atomic E-state index is 13.4. The van der Waals surface area contributed by atoms with Crippen molar-refractivity contribution in [2.75, 3.05) is 7.11 Å². The third-order valence-electron chi connectivity index (χ3n) is 4.41. The number of rotatable bonds is 4. The van der Waals surface area contributed by atoms with E-state index < -0.39 is 57.3 Å². The van der Waals surface area contributed by atoms with Crippen LogP contribution in [0.1, 0.15) is 43.0 Å². The summed E-state index contributed by atoms with van der Waals surface area (Å²) in [5, 5.41) is 30.3. The van der Waals surface area contributed by atoms with Gasteiger partial charge in [0.2, 0.25) is 0 Å². The molecule has 0 aromatic heterocycles. The van der Waals surface area contributed by atoms with Gasteiger partial charge >= 0.3 is 12.4 Å². The van der Waals surface area contributed by atoms with E-state index in [0.717, 1.165) is 14.0 Å². The average Bonchev–Trinajstić information content (AvgIpc) is 2.43. The topological polar surface area (TPSA) is 69.9 Å². The lowest BCUT2D eigenvalue weighted by atomic mass is 9.79. The second-order valence-corrected chi connectivity index (χ2v) is 6.23. The number of aromatic hydroxyl groups is 1. The van der Waals surface area contributed by atoms with Crippen LogP contribution in [0.2, 0.25) is 0 Å². The summed E-state index contributed by atoms with van der Waals surface area (Å²) in [5.41, 5.74) is -10.6. The first kappa shape index (κ1) is 22.4. The number of aliphatic hydroxyl groups is 2. The van der Waals surface area contributed by atoms with E-state index in [4.69, 9.17) is 4.74 Å². The van der Waals surface area contributed by atoms with Crippen molar-refractivity contribution >= 4 is 0 Å². The normalized spacial score (nSPS) is 17.6. The summed E-state index contributed by atoms with van der Waals surface area (Å²) in [6.45, 7) is 2.88. The molecule has 0 heterocycles. The van der Waals surface area contributed by atoms with Crippen LogP contribution < -0.4 is 4.74 Å². The lowest BCUT2D eigenvalue weighted by Crippen LogP contribution is -2.43. The van der Waals surface area contributed by atoms with Gasteiger partial charge in [0.25, 0.3) is 0 Å². The van der Waals surface area contributed by atoms with E-state index in [1.165, 1.54) is 6.92 Å². The number of phenols is 1. The number of hydrogen-bond acceptors (Lipinski definition) is 4. The number of phenolic OH excluding ortho intramolecular Hbond substituents is 1. The van der Waals surface area contributed by atoms with Crippen molar-refractivity contribution in [1.82, 2.24) is 0 Å². The van der Waals surface area contributed by atoms with Gasteiger partial charge in [0, 0.05) is 16.7 Å². The number of hydrogen-bond donors (Lipinski definition) is 3. The van der Waals surface area contributed by atoms with Gasteiger partial charge in [-0.1, -0.05) is 6.92 Å². The zero-order chi connectivity index (χ0) is 20.9. The minimum atomic E-state index is -5.30. The summed E-state index contributed by atoms with van der Waals surface area (Å²) < 4.78 is 84.8. The van der Waals surface area contributed by atoms with Gasteiger partial charge in [0.15, 0.2) is 11.2 Å². The Morgan fingerprint density at radius 3 is 1.58 bits per heavy atom. The van der Waals surface area contributed by atoms with E-state index in [1.807, 2.05) is 0 Å². The minimum absolute atomic E-state index is 0.211. The Balaban J connectivity index is 4.15. The number of benzene rings is 1. The van der Waals surface area contributed by atoms with Crippen LogP contribution in [0.4, 0.5) is 26.3 Å². The van der Waals surface area contributed by atoms with E-state index in [2.05, 4.69) is 0 Å². The van der Waals surface area contributed by atoms with E-state index in [-0.39, 0.29) is 6.42 Å². The molecule has 0 fully saturated rings. The van der Waals surface area contributed by atoms with Crippen molar-refractivity contribution in [2.45, 2.75) is 57.7 Å². The van der Waals surface area contributed by atoms with Crippen molar-refractivity contribution in [3.05, 3.63) is 22.3 Å². The fourth-order valence-corrected chi connectivity index (χ4v) is 2.90. The molecule has 0 saturated carbocycles. The van der Waals surface area contributed by atoms with Crippen LogP contribution in [-0.2, 0) is 17.6 Å². The van der Waals surface area contributed by atoms with Crippen LogP contribution in [0.15, 0.2) is 0 Å². The highest BCUT2D eigenvalue weighted by Gasteiger charge is 2.58. The van der Waals surface area contributed by atoms with Gasteiger partial charge in [-0.05, 0) is 32.8 Å². The van der Waals surface area contributed by atoms with Gasteiger partial charge in [-0.25, -0.2) is 0 Å². The molecule has 0 radical (unpaired) electrons. The Morgan fingerprint density at radius 1 is 0.885 bits per heavy atom. The van der Waals surface area contributed by atoms with E-state index in [1.54, 1.807) is 0 Å². The van der Waals surface area contributed by atoms with Gasteiger partial charge in [0.05, 0.1) is 7.11 Å². The summed E-state index contributed by atoms with van der Waals surface area (Å²) >= 11 is 0. The Morgan fingerprint density at radius 2 is 1.27 bits per heavy atom. The SMILES string of the molecule is CCc1c(O)c(C(C)(O)C(F)(F)F)c(C)c(C(C)(O)C(F)(F)F)c1OC. The highest BCUT2D eigenvalue weighted by atomic mass is 19.4. The number of ether oxygens (including phenoxy) is 1. The predicted octanol–water partition coefficient (Wildman–Crippen LogP) is 3.81. The molecular weight excluding hydrogens is 370 g/mol. The van der Waals surface area contributed by atoms with Crippen molar-refractivity contribution in [3.63, 3.8) is 0 Å². The van der Waals surface area contributed by atoms with E-state index in [0.29, 0.717) is 13.8 Å². The molecule has 0 spiro atoms. The first-order valence-electron chi connectivity index (χ1n) is 7.48. The molecule has 1 aromatic carbocycles. The first-order chi connectivity index (χ1) is 11.5. The Kier molecular flexibility index (Phi) is 5.58. The quantitative estimate of drug-likeness (QED) is 0.684. The van der Waals surface area contributed by atoms with Gasteiger partial charge in [-0.2, -0.15) is 26.3 Å². The van der Waals surface area contributed by atoms with E-state index in [9.17, 15) is 41.7 Å². The maximum Gasteiger partial charge on any atom is 0.421 e. The molecule has 1 aromatic rings. The number of alkyl halides is 6. The summed E-state index contributed by atoms with van der Waals surface area (Å²) in [7, 11) is 0.963. The molecule has 0 bridgehead atoms. The van der Waals surface area contributed by atoms with Crippen LogP contribution in [0.3, 0.4) is 0 Å². The van der Waals surface area contributed by atoms with Crippen LogP contribution in [0.25, 0.3) is 0 Å². The van der Waals surface area contributed by atoms with Crippen LogP contribution >= 0.6 is 0 Å². The zero-order valence-corrected chi connectivity index (χ0v) is 14.7. The number of halogens is 6. The molecule has 2 atom stereocenters. The van der Waals surface area contributed by atoms with Gasteiger partial charge in [-0.3, -0.25) is 0 Å². The molecular formula is C16H20F6O4. The van der Waals surface area contributed by atoms with Gasteiger partial charge in [-0.15, -0.1) is 0 Å². The van der Waals surface area contributed by atoms with Crippen molar-refractivity contribution in [1.29, 1.82) is 0 Å². The smallest absolute Gasteiger partial charge is 0.421 e. The average molecular weight is 390 g/mol. The summed E-state index contributed by atoms with van der Waals surface area (Å²) in [6, 6.07) is 0. The highest BCUT2D eigenvalue weighted by Crippen LogP contribution is 2.53. The van der Waals surface area contributed by atoms with Crippen LogP contribution in [0.5, 0.6) is 11.5 Å². The molecule has 10 heteroatoms. The molecule has 3 N–H and O–H groups in total. The van der Waals surface area contributed by atoms with Crippen molar-refractivity contribution < 1.29 is 46.4 Å². The second kappa shape index (κ2) is 6.49. The molecule has 4 nitrogen and oxygen atoms in total. The molecule has 150 valence electrons. The van der Waals surface area contributed by atoms with Gasteiger partial charge < -0.3 is 20.1 Å². The van der Waals surface area contributed by atoms with Crippen molar-refractivity contribution in [2.24, 2.45) is 0 Å². The molecule has 2 unspecified atom stereocenters. The predicted molar refractivity (Wildman–Crippen MR) is 80.0 cm³/mol. The first-order valence-corrected chi connectivity index (χ1v) is 7.48.